The maximum Gasteiger partial charge on any atom is 0.0947 e. The quantitative estimate of drug-likeness (QED) is 0.642. The fourth-order valence-corrected chi connectivity index (χ4v) is 3.76. The topological polar surface area (TPSA) is 47.6 Å². The number of nitriles is 2. The van der Waals surface area contributed by atoms with E-state index in [0.717, 1.165) is 17.6 Å². The SMILES string of the molecule is N#CC1=CC(Br)C2CC1C(Br)C=C2C#N. The van der Waals surface area contributed by atoms with Crippen molar-refractivity contribution in [1.29, 1.82) is 10.5 Å². The third-order valence-electron chi connectivity index (χ3n) is 3.01. The Labute approximate surface area is 106 Å². The number of rotatable bonds is 0. The Morgan fingerprint density at radius 3 is 1.73 bits per heavy atom. The Kier molecular flexibility index (Phi) is 3.00. The first kappa shape index (κ1) is 10.9. The lowest BCUT2D eigenvalue weighted by atomic mass is 9.72. The molecule has 0 heterocycles. The highest BCUT2D eigenvalue weighted by Gasteiger charge is 2.38. The summed E-state index contributed by atoms with van der Waals surface area (Å²) >= 11 is 7.05. The van der Waals surface area contributed by atoms with E-state index in [1.54, 1.807) is 0 Å². The van der Waals surface area contributed by atoms with Crippen LogP contribution < -0.4 is 0 Å². The Morgan fingerprint density at radius 2 is 1.40 bits per heavy atom. The highest BCUT2D eigenvalue weighted by molar-refractivity contribution is 9.10. The fraction of sp³-hybridized carbons (Fsp3) is 0.455. The zero-order valence-corrected chi connectivity index (χ0v) is 11.0. The van der Waals surface area contributed by atoms with Gasteiger partial charge in [-0.15, -0.1) is 0 Å². The Bertz CT molecular complexity index is 385. The first-order valence-electron chi connectivity index (χ1n) is 4.69. The maximum atomic E-state index is 9.02. The molecule has 4 unspecified atom stereocenters. The van der Waals surface area contributed by atoms with Crippen molar-refractivity contribution in [2.45, 2.75) is 16.1 Å². The Morgan fingerprint density at radius 1 is 1.00 bits per heavy atom. The van der Waals surface area contributed by atoms with Crippen molar-refractivity contribution in [2.75, 3.05) is 0 Å². The Hall–Kier alpha value is -0.580. The molecule has 0 amide bonds. The van der Waals surface area contributed by atoms with E-state index in [-0.39, 0.29) is 21.5 Å². The van der Waals surface area contributed by atoms with E-state index in [1.165, 1.54) is 0 Å². The molecule has 0 saturated carbocycles. The summed E-state index contributed by atoms with van der Waals surface area (Å²) in [7, 11) is 0. The molecule has 0 N–H and O–H groups in total. The zero-order chi connectivity index (χ0) is 11.0. The van der Waals surface area contributed by atoms with Gasteiger partial charge in [0.2, 0.25) is 0 Å². The maximum absolute atomic E-state index is 9.02. The van der Waals surface area contributed by atoms with Gasteiger partial charge in [0.1, 0.15) is 0 Å². The van der Waals surface area contributed by atoms with Crippen LogP contribution in [0, 0.1) is 34.5 Å². The van der Waals surface area contributed by atoms with Crippen LogP contribution >= 0.6 is 31.9 Å². The van der Waals surface area contributed by atoms with E-state index in [2.05, 4.69) is 44.0 Å². The van der Waals surface area contributed by atoms with Crippen molar-refractivity contribution >= 4 is 31.9 Å². The second-order valence-corrected chi connectivity index (χ2v) is 5.92. The van der Waals surface area contributed by atoms with Gasteiger partial charge in [-0.05, 0) is 6.42 Å². The van der Waals surface area contributed by atoms with Crippen molar-refractivity contribution in [3.05, 3.63) is 23.3 Å². The average molecular weight is 328 g/mol. The lowest BCUT2D eigenvalue weighted by Gasteiger charge is -2.36. The molecule has 0 aromatic carbocycles. The monoisotopic (exact) mass is 326 g/mol. The molecular formula is C11H8Br2N2. The van der Waals surface area contributed by atoms with E-state index < -0.39 is 0 Å². The highest BCUT2D eigenvalue weighted by atomic mass is 79.9. The molecular weight excluding hydrogens is 320 g/mol. The second-order valence-electron chi connectivity index (χ2n) is 3.81. The van der Waals surface area contributed by atoms with Crippen LogP contribution in [0.2, 0.25) is 0 Å². The molecule has 0 aromatic rings. The number of nitrogens with zero attached hydrogens (tertiary/aromatic N) is 2. The van der Waals surface area contributed by atoms with Gasteiger partial charge in [-0.1, -0.05) is 44.0 Å². The van der Waals surface area contributed by atoms with Gasteiger partial charge in [0.15, 0.2) is 0 Å². The molecule has 0 radical (unpaired) electrons. The summed E-state index contributed by atoms with van der Waals surface area (Å²) in [5.41, 5.74) is 1.64. The molecule has 2 bridgehead atoms. The molecule has 2 aliphatic rings. The molecule has 15 heavy (non-hydrogen) atoms. The van der Waals surface area contributed by atoms with Gasteiger partial charge < -0.3 is 0 Å². The van der Waals surface area contributed by atoms with Crippen LogP contribution in [0.5, 0.6) is 0 Å². The van der Waals surface area contributed by atoms with E-state index in [4.69, 9.17) is 10.5 Å². The van der Waals surface area contributed by atoms with E-state index in [9.17, 15) is 0 Å². The zero-order valence-electron chi connectivity index (χ0n) is 7.82. The van der Waals surface area contributed by atoms with Crippen LogP contribution in [-0.2, 0) is 0 Å². The van der Waals surface area contributed by atoms with Crippen LogP contribution in [0.1, 0.15) is 6.42 Å². The summed E-state index contributed by atoms with van der Waals surface area (Å²) in [6, 6.07) is 4.48. The van der Waals surface area contributed by atoms with Crippen molar-refractivity contribution in [1.82, 2.24) is 0 Å². The minimum Gasteiger partial charge on any atom is -0.193 e. The molecule has 0 aliphatic heterocycles. The van der Waals surface area contributed by atoms with Crippen LogP contribution in [0.4, 0.5) is 0 Å². The van der Waals surface area contributed by atoms with Gasteiger partial charge >= 0.3 is 0 Å². The van der Waals surface area contributed by atoms with Gasteiger partial charge in [-0.25, -0.2) is 0 Å². The summed E-state index contributed by atoms with van der Waals surface area (Å²) in [6.45, 7) is 0. The van der Waals surface area contributed by atoms with Gasteiger partial charge in [-0.2, -0.15) is 10.5 Å². The van der Waals surface area contributed by atoms with Crippen LogP contribution in [0.3, 0.4) is 0 Å². The number of allylic oxidation sites excluding steroid dienone is 4. The van der Waals surface area contributed by atoms with Crippen molar-refractivity contribution in [3.8, 4) is 12.1 Å². The number of halogens is 2. The van der Waals surface area contributed by atoms with Gasteiger partial charge in [-0.3, -0.25) is 0 Å². The summed E-state index contributed by atoms with van der Waals surface area (Å²) in [5, 5.41) is 18.0. The molecule has 4 atom stereocenters. The van der Waals surface area contributed by atoms with E-state index in [1.807, 2.05) is 12.2 Å². The first-order chi connectivity index (χ1) is 7.17. The van der Waals surface area contributed by atoms with Crippen molar-refractivity contribution in [2.24, 2.45) is 11.8 Å². The summed E-state index contributed by atoms with van der Waals surface area (Å²) in [4.78, 5) is 0.239. The Balaban J connectivity index is 2.42. The third kappa shape index (κ3) is 1.77. The summed E-state index contributed by atoms with van der Waals surface area (Å²) in [5.74, 6) is 0.455. The average Bonchev–Trinajstić information content (AvgIpc) is 2.25. The highest BCUT2D eigenvalue weighted by Crippen LogP contribution is 2.44. The minimum atomic E-state index is 0.120. The molecule has 0 fully saturated rings. The lowest BCUT2D eigenvalue weighted by Crippen LogP contribution is -2.33. The summed E-state index contributed by atoms with van der Waals surface area (Å²) in [6.07, 6.45) is 4.76. The van der Waals surface area contributed by atoms with Crippen LogP contribution in [-0.4, -0.2) is 9.65 Å². The first-order valence-corrected chi connectivity index (χ1v) is 6.52. The molecule has 76 valence electrons. The predicted octanol–water partition coefficient (Wildman–Crippen LogP) is 3.06. The minimum absolute atomic E-state index is 0.120. The molecule has 2 nitrogen and oxygen atoms in total. The lowest BCUT2D eigenvalue weighted by molar-refractivity contribution is 0.437. The third-order valence-corrected chi connectivity index (χ3v) is 4.82. The van der Waals surface area contributed by atoms with E-state index in [0.29, 0.717) is 0 Å². The van der Waals surface area contributed by atoms with Crippen LogP contribution in [0.15, 0.2) is 23.3 Å². The molecule has 4 heteroatoms. The van der Waals surface area contributed by atoms with Crippen molar-refractivity contribution in [3.63, 3.8) is 0 Å². The molecule has 0 aromatic heterocycles. The number of hydrogen-bond donors (Lipinski definition) is 0. The normalized spacial score (nSPS) is 38.4. The van der Waals surface area contributed by atoms with E-state index >= 15 is 0 Å². The second kappa shape index (κ2) is 4.12. The number of alkyl halides is 2. The van der Waals surface area contributed by atoms with Gasteiger partial charge in [0.25, 0.3) is 0 Å². The van der Waals surface area contributed by atoms with Gasteiger partial charge in [0, 0.05) is 32.6 Å². The standard InChI is InChI=1S/C11H8Br2N2/c12-10-1-6(4-14)8-3-9(10)7(5-15)2-11(8)13/h1-2,8-11H,3H2. The fourth-order valence-electron chi connectivity index (χ4n) is 2.19. The smallest absolute Gasteiger partial charge is 0.0947 e. The molecule has 2 rings (SSSR count). The summed E-state index contributed by atoms with van der Waals surface area (Å²) < 4.78 is 0. The number of hydrogen-bond acceptors (Lipinski definition) is 2. The van der Waals surface area contributed by atoms with Gasteiger partial charge in [0.05, 0.1) is 12.1 Å². The number of fused-ring (bicyclic) bond motifs is 2. The van der Waals surface area contributed by atoms with Crippen molar-refractivity contribution < 1.29 is 0 Å². The predicted molar refractivity (Wildman–Crippen MR) is 64.4 cm³/mol. The molecule has 2 aliphatic carbocycles. The van der Waals surface area contributed by atoms with Crippen LogP contribution in [0.25, 0.3) is 0 Å². The molecule has 0 spiro atoms. The molecule has 0 saturated heterocycles. The largest absolute Gasteiger partial charge is 0.193 e.